The van der Waals surface area contributed by atoms with Crippen LogP contribution in [0.1, 0.15) is 52.0 Å². The van der Waals surface area contributed by atoms with Crippen molar-refractivity contribution >= 4 is 17.4 Å². The molecule has 0 bridgehead atoms. The summed E-state index contributed by atoms with van der Waals surface area (Å²) >= 11 is 1.40. The van der Waals surface area contributed by atoms with Crippen molar-refractivity contribution in [2.45, 2.75) is 64.5 Å². The fraction of sp³-hybridized carbons (Fsp3) is 0.733. The molecule has 2 rings (SSSR count). The molecule has 0 radical (unpaired) electrons. The molecule has 1 fully saturated rings. The maximum Gasteiger partial charge on any atom is 0.412 e. The van der Waals surface area contributed by atoms with Gasteiger partial charge < -0.3 is 14.6 Å². The van der Waals surface area contributed by atoms with Crippen LogP contribution in [0.15, 0.2) is 11.7 Å². The van der Waals surface area contributed by atoms with Crippen molar-refractivity contribution in [3.8, 4) is 0 Å². The molecule has 0 spiro atoms. The topological polar surface area (TPSA) is 71.9 Å². The van der Waals surface area contributed by atoms with Gasteiger partial charge in [0.1, 0.15) is 11.3 Å². The highest BCUT2D eigenvalue weighted by Crippen LogP contribution is 2.34. The van der Waals surface area contributed by atoms with Gasteiger partial charge in [-0.3, -0.25) is 9.88 Å². The van der Waals surface area contributed by atoms with E-state index in [1.54, 1.807) is 16.6 Å². The molecule has 1 saturated heterocycles. The van der Waals surface area contributed by atoms with Crippen LogP contribution < -0.4 is 0 Å². The van der Waals surface area contributed by atoms with Crippen LogP contribution in [0.4, 0.5) is 4.79 Å². The van der Waals surface area contributed by atoms with Crippen LogP contribution in [0.5, 0.6) is 0 Å². The Morgan fingerprint density at radius 3 is 2.86 bits per heavy atom. The lowest BCUT2D eigenvalue weighted by Gasteiger charge is -2.35. The first-order valence-corrected chi connectivity index (χ1v) is 8.21. The zero-order valence-corrected chi connectivity index (χ0v) is 14.5. The number of carbonyl (C=O) groups is 1. The third kappa shape index (κ3) is 3.97. The number of thiazole rings is 1. The van der Waals surface area contributed by atoms with Gasteiger partial charge >= 0.3 is 6.09 Å². The van der Waals surface area contributed by atoms with Gasteiger partial charge in [0.05, 0.1) is 29.1 Å². The molecule has 1 aromatic heterocycles. The Morgan fingerprint density at radius 2 is 2.32 bits per heavy atom. The molecule has 0 aromatic carbocycles. The van der Waals surface area contributed by atoms with Crippen LogP contribution in [0.2, 0.25) is 0 Å². The molecule has 1 N–H and O–H groups in total. The van der Waals surface area contributed by atoms with Crippen molar-refractivity contribution in [1.29, 1.82) is 0 Å². The fourth-order valence-corrected chi connectivity index (χ4v) is 3.12. The highest BCUT2D eigenvalue weighted by Gasteiger charge is 2.46. The van der Waals surface area contributed by atoms with Gasteiger partial charge in [-0.25, -0.2) is 4.79 Å². The summed E-state index contributed by atoms with van der Waals surface area (Å²) in [5.41, 5.74) is 0.357. The molecular weight excluding hydrogens is 304 g/mol. The van der Waals surface area contributed by atoms with Gasteiger partial charge in [-0.15, -0.1) is 11.3 Å². The standard InChI is InChI=1S/C15H24N2O4S/c1-14(2,3)21-13(19)17-10(8-20-15(17,4)5)6-11(18)12-7-16-9-22-12/h7,9-11,18H,6,8H2,1-5H3/t10?,11-/m0/s1. The number of hydrogen-bond donors (Lipinski definition) is 1. The molecule has 22 heavy (non-hydrogen) atoms. The number of amides is 1. The number of carbonyl (C=O) groups excluding carboxylic acids is 1. The molecule has 6 nitrogen and oxygen atoms in total. The number of nitrogens with zero attached hydrogens (tertiary/aromatic N) is 2. The molecule has 2 atom stereocenters. The minimum atomic E-state index is -0.750. The molecule has 124 valence electrons. The number of aliphatic hydroxyl groups excluding tert-OH is 1. The van der Waals surface area contributed by atoms with Gasteiger partial charge in [-0.05, 0) is 34.6 Å². The normalized spacial score (nSPS) is 22.6. The fourth-order valence-electron chi connectivity index (χ4n) is 2.50. The first-order valence-electron chi connectivity index (χ1n) is 7.33. The molecule has 1 aliphatic rings. The first kappa shape index (κ1) is 17.2. The van der Waals surface area contributed by atoms with Crippen LogP contribution >= 0.6 is 11.3 Å². The molecule has 1 unspecified atom stereocenters. The summed E-state index contributed by atoms with van der Waals surface area (Å²) in [6.07, 6.45) is 0.954. The predicted molar refractivity (Wildman–Crippen MR) is 83.6 cm³/mol. The van der Waals surface area contributed by atoms with Crippen LogP contribution in [-0.2, 0) is 9.47 Å². The Balaban J connectivity index is 2.11. The van der Waals surface area contributed by atoms with Crippen molar-refractivity contribution in [2.75, 3.05) is 6.61 Å². The second-order valence-corrected chi connectivity index (χ2v) is 7.84. The van der Waals surface area contributed by atoms with Gasteiger partial charge in [0.25, 0.3) is 0 Å². The second kappa shape index (κ2) is 6.14. The van der Waals surface area contributed by atoms with Gasteiger partial charge in [-0.1, -0.05) is 0 Å². The number of aliphatic hydroxyl groups is 1. The maximum atomic E-state index is 12.5. The SMILES string of the molecule is CC(C)(C)OC(=O)N1C(C[C@H](O)c2cncs2)COC1(C)C. The zero-order chi connectivity index (χ0) is 16.5. The van der Waals surface area contributed by atoms with Gasteiger partial charge in [0.2, 0.25) is 0 Å². The largest absolute Gasteiger partial charge is 0.444 e. The van der Waals surface area contributed by atoms with E-state index in [-0.39, 0.29) is 6.04 Å². The van der Waals surface area contributed by atoms with E-state index in [0.29, 0.717) is 13.0 Å². The average molecular weight is 328 g/mol. The quantitative estimate of drug-likeness (QED) is 0.923. The summed E-state index contributed by atoms with van der Waals surface area (Å²) in [7, 11) is 0. The summed E-state index contributed by atoms with van der Waals surface area (Å²) in [6.45, 7) is 9.52. The number of ether oxygens (including phenoxy) is 2. The van der Waals surface area contributed by atoms with E-state index >= 15 is 0 Å². The van der Waals surface area contributed by atoms with Crippen molar-refractivity contribution < 1.29 is 19.4 Å². The van der Waals surface area contributed by atoms with E-state index in [2.05, 4.69) is 4.98 Å². The van der Waals surface area contributed by atoms with Crippen molar-refractivity contribution in [1.82, 2.24) is 9.88 Å². The van der Waals surface area contributed by atoms with E-state index < -0.39 is 23.5 Å². The number of aromatic nitrogens is 1. The Morgan fingerprint density at radius 1 is 1.64 bits per heavy atom. The minimum Gasteiger partial charge on any atom is -0.444 e. The molecule has 7 heteroatoms. The first-order chi connectivity index (χ1) is 10.1. The Labute approximate surface area is 135 Å². The van der Waals surface area contributed by atoms with Crippen molar-refractivity contribution in [3.63, 3.8) is 0 Å². The Kier molecular flexibility index (Phi) is 4.79. The Hall–Kier alpha value is -1.18. The minimum absolute atomic E-state index is 0.234. The van der Waals surface area contributed by atoms with Gasteiger partial charge in [0.15, 0.2) is 0 Å². The third-order valence-electron chi connectivity index (χ3n) is 3.44. The van der Waals surface area contributed by atoms with Crippen molar-refractivity contribution in [2.24, 2.45) is 0 Å². The highest BCUT2D eigenvalue weighted by molar-refractivity contribution is 7.09. The van der Waals surface area contributed by atoms with Gasteiger partial charge in [0, 0.05) is 12.6 Å². The van der Waals surface area contributed by atoms with E-state index in [1.165, 1.54) is 11.3 Å². The van der Waals surface area contributed by atoms with E-state index in [4.69, 9.17) is 9.47 Å². The zero-order valence-electron chi connectivity index (χ0n) is 13.7. The summed E-state index contributed by atoms with van der Waals surface area (Å²) in [5, 5.41) is 10.3. The van der Waals surface area contributed by atoms with E-state index in [9.17, 15) is 9.90 Å². The molecule has 0 saturated carbocycles. The third-order valence-corrected chi connectivity index (χ3v) is 4.32. The number of hydrogen-bond acceptors (Lipinski definition) is 6. The molecule has 1 amide bonds. The van der Waals surface area contributed by atoms with Crippen LogP contribution in [0.25, 0.3) is 0 Å². The van der Waals surface area contributed by atoms with E-state index in [1.807, 2.05) is 34.6 Å². The molecule has 1 aromatic rings. The van der Waals surface area contributed by atoms with E-state index in [0.717, 1.165) is 4.88 Å². The summed E-state index contributed by atoms with van der Waals surface area (Å²) < 4.78 is 11.2. The lowest BCUT2D eigenvalue weighted by atomic mass is 10.1. The molecular formula is C15H24N2O4S. The van der Waals surface area contributed by atoms with Crippen LogP contribution in [0.3, 0.4) is 0 Å². The monoisotopic (exact) mass is 328 g/mol. The smallest absolute Gasteiger partial charge is 0.412 e. The highest BCUT2D eigenvalue weighted by atomic mass is 32.1. The molecule has 1 aliphatic heterocycles. The van der Waals surface area contributed by atoms with Crippen molar-refractivity contribution in [3.05, 3.63) is 16.6 Å². The maximum absolute atomic E-state index is 12.5. The summed E-state index contributed by atoms with van der Waals surface area (Å²) in [4.78, 5) is 18.8. The Bertz CT molecular complexity index is 510. The predicted octanol–water partition coefficient (Wildman–Crippen LogP) is 2.94. The molecule has 2 heterocycles. The second-order valence-electron chi connectivity index (χ2n) is 6.92. The molecule has 0 aliphatic carbocycles. The summed E-state index contributed by atoms with van der Waals surface area (Å²) in [6, 6.07) is -0.234. The van der Waals surface area contributed by atoms with Gasteiger partial charge in [-0.2, -0.15) is 0 Å². The van der Waals surface area contributed by atoms with Crippen LogP contribution in [-0.4, -0.2) is 45.1 Å². The lowest BCUT2D eigenvalue weighted by molar-refractivity contribution is -0.0637. The lowest BCUT2D eigenvalue weighted by Crippen LogP contribution is -2.50. The number of rotatable bonds is 3. The summed E-state index contributed by atoms with van der Waals surface area (Å²) in [5.74, 6) is 0. The van der Waals surface area contributed by atoms with Crippen LogP contribution in [0, 0.1) is 0 Å². The average Bonchev–Trinajstić information content (AvgIpc) is 2.94.